The minimum atomic E-state index is -0.627. The van der Waals surface area contributed by atoms with Crippen LogP contribution in [-0.4, -0.2) is 37.3 Å². The fourth-order valence-corrected chi connectivity index (χ4v) is 1.58. The molecule has 1 aliphatic carbocycles. The van der Waals surface area contributed by atoms with Crippen molar-refractivity contribution < 1.29 is 8.87 Å². The molecule has 0 bridgehead atoms. The molecule has 0 aromatic rings. The zero-order valence-electron chi connectivity index (χ0n) is 7.18. The first kappa shape index (κ1) is 8.55. The molecule has 0 saturated heterocycles. The molecular formula is C9H15FN+. The Kier molecular flexibility index (Phi) is 2.20. The van der Waals surface area contributed by atoms with Crippen molar-refractivity contribution in [1.82, 2.24) is 0 Å². The molecule has 0 radical (unpaired) electrons. The summed E-state index contributed by atoms with van der Waals surface area (Å²) in [6.45, 7) is 0.630. The number of rotatable bonds is 2. The highest BCUT2D eigenvalue weighted by atomic mass is 19.1. The highest BCUT2D eigenvalue weighted by Gasteiger charge is 2.42. The molecule has 0 amide bonds. The summed E-state index contributed by atoms with van der Waals surface area (Å²) in [6.07, 6.45) is 6.26. The molecule has 62 valence electrons. The maximum atomic E-state index is 12.9. The van der Waals surface area contributed by atoms with Gasteiger partial charge < -0.3 is 4.48 Å². The highest BCUT2D eigenvalue weighted by molar-refractivity contribution is 4.88. The maximum absolute atomic E-state index is 12.9. The predicted octanol–water partition coefficient (Wildman–Crippen LogP) is 1.20. The lowest BCUT2D eigenvalue weighted by molar-refractivity contribution is -0.917. The van der Waals surface area contributed by atoms with Crippen molar-refractivity contribution >= 4 is 0 Å². The van der Waals surface area contributed by atoms with Crippen molar-refractivity contribution in [3.63, 3.8) is 0 Å². The van der Waals surface area contributed by atoms with E-state index in [9.17, 15) is 4.39 Å². The Morgan fingerprint density at radius 1 is 1.55 bits per heavy atom. The smallest absolute Gasteiger partial charge is 0.152 e. The Labute approximate surface area is 67.8 Å². The van der Waals surface area contributed by atoms with Crippen molar-refractivity contribution in [1.29, 1.82) is 0 Å². The van der Waals surface area contributed by atoms with Gasteiger partial charge in [0.1, 0.15) is 12.6 Å². The van der Waals surface area contributed by atoms with Gasteiger partial charge in [-0.3, -0.25) is 0 Å². The van der Waals surface area contributed by atoms with Crippen molar-refractivity contribution in [2.75, 3.05) is 20.6 Å². The third-order valence-corrected chi connectivity index (χ3v) is 2.55. The van der Waals surface area contributed by atoms with E-state index in [0.29, 0.717) is 11.0 Å². The number of quaternary nitrogens is 1. The molecule has 2 heteroatoms. The summed E-state index contributed by atoms with van der Waals surface area (Å²) in [7, 11) is 3.99. The minimum Gasteiger partial charge on any atom is -0.314 e. The number of alkyl halides is 1. The summed E-state index contributed by atoms with van der Waals surface area (Å²) in [6, 6.07) is 0.144. The molecule has 2 atom stereocenters. The molecule has 0 aromatic heterocycles. The molecule has 0 aliphatic heterocycles. The van der Waals surface area contributed by atoms with Gasteiger partial charge in [-0.15, -0.1) is 6.42 Å². The third kappa shape index (κ3) is 1.54. The van der Waals surface area contributed by atoms with Gasteiger partial charge in [-0.05, 0) is 12.3 Å². The summed E-state index contributed by atoms with van der Waals surface area (Å²) in [5.41, 5.74) is 0. The van der Waals surface area contributed by atoms with E-state index in [0.717, 1.165) is 12.8 Å². The van der Waals surface area contributed by atoms with Gasteiger partial charge in [0.15, 0.2) is 6.17 Å². The summed E-state index contributed by atoms with van der Waals surface area (Å²) in [5, 5.41) is 0. The molecule has 1 saturated carbocycles. The monoisotopic (exact) mass is 156 g/mol. The maximum Gasteiger partial charge on any atom is 0.152 e. The normalized spacial score (nSPS) is 30.7. The van der Waals surface area contributed by atoms with Gasteiger partial charge in [-0.25, -0.2) is 4.39 Å². The summed E-state index contributed by atoms with van der Waals surface area (Å²) in [4.78, 5) is 0. The molecule has 0 aromatic carbocycles. The molecule has 1 rings (SSSR count). The van der Waals surface area contributed by atoms with E-state index in [1.165, 1.54) is 0 Å². The molecule has 0 heterocycles. The number of nitrogens with zero attached hydrogens (tertiary/aromatic N) is 1. The zero-order valence-corrected chi connectivity index (χ0v) is 7.18. The van der Waals surface area contributed by atoms with E-state index in [4.69, 9.17) is 6.42 Å². The minimum absolute atomic E-state index is 0.144. The average molecular weight is 156 g/mol. The standard InChI is InChI=1S/C9H15FN/c1-4-7-11(2,3)9-6-5-8(9)10/h1,8-9H,5-7H2,2-3H3/q+1. The average Bonchev–Trinajstić information content (AvgIpc) is 1.83. The van der Waals surface area contributed by atoms with Crippen molar-refractivity contribution in [3.8, 4) is 12.3 Å². The van der Waals surface area contributed by atoms with Crippen LogP contribution >= 0.6 is 0 Å². The first-order valence-corrected chi connectivity index (χ1v) is 3.98. The lowest BCUT2D eigenvalue weighted by atomic mass is 9.88. The largest absolute Gasteiger partial charge is 0.314 e. The van der Waals surface area contributed by atoms with E-state index in [2.05, 4.69) is 5.92 Å². The number of hydrogen-bond acceptors (Lipinski definition) is 0. The lowest BCUT2D eigenvalue weighted by Gasteiger charge is -2.43. The van der Waals surface area contributed by atoms with Crippen LogP contribution in [0.4, 0.5) is 4.39 Å². The van der Waals surface area contributed by atoms with Gasteiger partial charge in [0.2, 0.25) is 0 Å². The molecule has 11 heavy (non-hydrogen) atoms. The van der Waals surface area contributed by atoms with Gasteiger partial charge in [-0.2, -0.15) is 0 Å². The number of halogens is 1. The van der Waals surface area contributed by atoms with Crippen LogP contribution in [-0.2, 0) is 0 Å². The Balaban J connectivity index is 2.51. The van der Waals surface area contributed by atoms with E-state index in [1.54, 1.807) is 0 Å². The third-order valence-electron chi connectivity index (χ3n) is 2.55. The van der Waals surface area contributed by atoms with Crippen molar-refractivity contribution in [2.45, 2.75) is 25.1 Å². The molecule has 0 N–H and O–H groups in total. The Morgan fingerprint density at radius 3 is 2.45 bits per heavy atom. The molecular weight excluding hydrogens is 141 g/mol. The van der Waals surface area contributed by atoms with E-state index < -0.39 is 6.17 Å². The van der Waals surface area contributed by atoms with Crippen LogP contribution in [0.1, 0.15) is 12.8 Å². The van der Waals surface area contributed by atoms with Gasteiger partial charge in [-0.1, -0.05) is 0 Å². The van der Waals surface area contributed by atoms with Crippen molar-refractivity contribution in [2.24, 2.45) is 0 Å². The van der Waals surface area contributed by atoms with Crippen LogP contribution in [0.2, 0.25) is 0 Å². The second kappa shape index (κ2) is 2.83. The molecule has 1 aliphatic rings. The summed E-state index contributed by atoms with van der Waals surface area (Å²) < 4.78 is 13.6. The first-order chi connectivity index (χ1) is 5.08. The van der Waals surface area contributed by atoms with Crippen LogP contribution < -0.4 is 0 Å². The number of terminal acetylenes is 1. The van der Waals surface area contributed by atoms with Gasteiger partial charge in [0, 0.05) is 6.42 Å². The van der Waals surface area contributed by atoms with Crippen molar-refractivity contribution in [3.05, 3.63) is 0 Å². The predicted molar refractivity (Wildman–Crippen MR) is 43.7 cm³/mol. The van der Waals surface area contributed by atoms with Crippen LogP contribution in [0.25, 0.3) is 0 Å². The fourth-order valence-electron chi connectivity index (χ4n) is 1.58. The quantitative estimate of drug-likeness (QED) is 0.416. The Bertz CT molecular complexity index is 180. The Hall–Kier alpha value is -0.550. The SMILES string of the molecule is C#CC[N+](C)(C)C1CCC1F. The lowest BCUT2D eigenvalue weighted by Crippen LogP contribution is -2.58. The zero-order chi connectivity index (χ0) is 8.48. The number of hydrogen-bond donors (Lipinski definition) is 0. The van der Waals surface area contributed by atoms with Gasteiger partial charge >= 0.3 is 0 Å². The van der Waals surface area contributed by atoms with Gasteiger partial charge in [0.25, 0.3) is 0 Å². The summed E-state index contributed by atoms with van der Waals surface area (Å²) >= 11 is 0. The first-order valence-electron chi connectivity index (χ1n) is 3.98. The second-order valence-corrected chi connectivity index (χ2v) is 3.80. The highest BCUT2D eigenvalue weighted by Crippen LogP contribution is 2.31. The summed E-state index contributed by atoms with van der Waals surface area (Å²) in [5.74, 6) is 2.58. The van der Waals surface area contributed by atoms with E-state index >= 15 is 0 Å². The molecule has 1 nitrogen and oxygen atoms in total. The van der Waals surface area contributed by atoms with Crippen LogP contribution in [0.15, 0.2) is 0 Å². The van der Waals surface area contributed by atoms with Crippen LogP contribution in [0, 0.1) is 12.3 Å². The van der Waals surface area contributed by atoms with Gasteiger partial charge in [0.05, 0.1) is 14.1 Å². The topological polar surface area (TPSA) is 0 Å². The van der Waals surface area contributed by atoms with E-state index in [1.807, 2.05) is 14.1 Å². The fraction of sp³-hybridized carbons (Fsp3) is 0.778. The Morgan fingerprint density at radius 2 is 2.18 bits per heavy atom. The van der Waals surface area contributed by atoms with E-state index in [-0.39, 0.29) is 6.04 Å². The van der Waals surface area contributed by atoms with Crippen LogP contribution in [0.5, 0.6) is 0 Å². The molecule has 1 fully saturated rings. The molecule has 2 unspecified atom stereocenters. The second-order valence-electron chi connectivity index (χ2n) is 3.80. The van der Waals surface area contributed by atoms with Crippen LogP contribution in [0.3, 0.4) is 0 Å². The molecule has 0 spiro atoms.